The van der Waals surface area contributed by atoms with E-state index < -0.39 is 0 Å². The highest BCUT2D eigenvalue weighted by Crippen LogP contribution is 2.51. The van der Waals surface area contributed by atoms with E-state index in [-0.39, 0.29) is 17.2 Å². The van der Waals surface area contributed by atoms with Gasteiger partial charge < -0.3 is 5.32 Å². The standard InChI is InChI=1S/C7H13NO/c1-7(2)4-5(7)6(9)8-3/h5H,4H2,1-3H3,(H,8,9)/t5-/m1/s1. The fourth-order valence-electron chi connectivity index (χ4n) is 1.09. The molecule has 1 aliphatic rings. The van der Waals surface area contributed by atoms with Gasteiger partial charge in [-0.05, 0) is 11.8 Å². The Kier molecular flexibility index (Phi) is 1.26. The van der Waals surface area contributed by atoms with Crippen LogP contribution < -0.4 is 5.32 Å². The molecule has 0 unspecified atom stereocenters. The van der Waals surface area contributed by atoms with Gasteiger partial charge in [-0.3, -0.25) is 4.79 Å². The first-order valence-electron chi connectivity index (χ1n) is 3.29. The molecule has 1 atom stereocenters. The number of amides is 1. The lowest BCUT2D eigenvalue weighted by molar-refractivity contribution is -0.122. The van der Waals surface area contributed by atoms with Crippen molar-refractivity contribution >= 4 is 5.91 Å². The van der Waals surface area contributed by atoms with Gasteiger partial charge in [0, 0.05) is 13.0 Å². The van der Waals surface area contributed by atoms with E-state index in [0.717, 1.165) is 6.42 Å². The van der Waals surface area contributed by atoms with Crippen molar-refractivity contribution in [1.29, 1.82) is 0 Å². The highest BCUT2D eigenvalue weighted by molar-refractivity contribution is 5.81. The van der Waals surface area contributed by atoms with Gasteiger partial charge in [-0.2, -0.15) is 0 Å². The molecule has 1 saturated carbocycles. The summed E-state index contributed by atoms with van der Waals surface area (Å²) in [6.07, 6.45) is 1.05. The first-order valence-corrected chi connectivity index (χ1v) is 3.29. The molecule has 0 heterocycles. The lowest BCUT2D eigenvalue weighted by atomic mass is 10.1. The second kappa shape index (κ2) is 1.72. The van der Waals surface area contributed by atoms with E-state index in [1.807, 2.05) is 0 Å². The van der Waals surface area contributed by atoms with Crippen LogP contribution in [0.2, 0.25) is 0 Å². The van der Waals surface area contributed by atoms with E-state index in [1.165, 1.54) is 0 Å². The molecule has 0 bridgehead atoms. The van der Waals surface area contributed by atoms with Crippen LogP contribution in [0.4, 0.5) is 0 Å². The molecule has 0 aromatic heterocycles. The summed E-state index contributed by atoms with van der Waals surface area (Å²) < 4.78 is 0. The van der Waals surface area contributed by atoms with Crippen LogP contribution in [0.1, 0.15) is 20.3 Å². The molecule has 1 N–H and O–H groups in total. The topological polar surface area (TPSA) is 29.1 Å². The second-order valence-electron chi connectivity index (χ2n) is 3.36. The summed E-state index contributed by atoms with van der Waals surface area (Å²) in [5, 5.41) is 2.64. The Morgan fingerprint density at radius 2 is 2.11 bits per heavy atom. The molecule has 1 fully saturated rings. The van der Waals surface area contributed by atoms with Gasteiger partial charge in [-0.1, -0.05) is 13.8 Å². The van der Waals surface area contributed by atoms with Crippen LogP contribution in [-0.2, 0) is 4.79 Å². The molecular formula is C7H13NO. The summed E-state index contributed by atoms with van der Waals surface area (Å²) in [7, 11) is 1.69. The van der Waals surface area contributed by atoms with Gasteiger partial charge in [0.1, 0.15) is 0 Å². The van der Waals surface area contributed by atoms with Crippen LogP contribution in [0.25, 0.3) is 0 Å². The second-order valence-corrected chi connectivity index (χ2v) is 3.36. The molecule has 0 radical (unpaired) electrons. The van der Waals surface area contributed by atoms with Crippen molar-refractivity contribution in [3.63, 3.8) is 0 Å². The average molecular weight is 127 g/mol. The summed E-state index contributed by atoms with van der Waals surface area (Å²) >= 11 is 0. The minimum Gasteiger partial charge on any atom is -0.359 e. The van der Waals surface area contributed by atoms with Crippen molar-refractivity contribution in [3.8, 4) is 0 Å². The zero-order valence-electron chi connectivity index (χ0n) is 6.19. The Morgan fingerprint density at radius 3 is 2.22 bits per heavy atom. The van der Waals surface area contributed by atoms with Gasteiger partial charge >= 0.3 is 0 Å². The van der Waals surface area contributed by atoms with Gasteiger partial charge in [0.05, 0.1) is 0 Å². The highest BCUT2D eigenvalue weighted by atomic mass is 16.2. The predicted octanol–water partition coefficient (Wildman–Crippen LogP) is 0.778. The molecule has 0 aromatic carbocycles. The summed E-state index contributed by atoms with van der Waals surface area (Å²) in [6.45, 7) is 4.24. The number of nitrogens with one attached hydrogen (secondary N) is 1. The van der Waals surface area contributed by atoms with Gasteiger partial charge in [0.15, 0.2) is 0 Å². The van der Waals surface area contributed by atoms with Crippen LogP contribution in [0.15, 0.2) is 0 Å². The quantitative estimate of drug-likeness (QED) is 0.554. The van der Waals surface area contributed by atoms with Crippen molar-refractivity contribution in [3.05, 3.63) is 0 Å². The van der Waals surface area contributed by atoms with E-state index in [1.54, 1.807) is 7.05 Å². The lowest BCUT2D eigenvalue weighted by Crippen LogP contribution is -2.21. The Morgan fingerprint density at radius 1 is 1.67 bits per heavy atom. The van der Waals surface area contributed by atoms with E-state index in [2.05, 4.69) is 19.2 Å². The predicted molar refractivity (Wildman–Crippen MR) is 36.0 cm³/mol. The third kappa shape index (κ3) is 1.07. The van der Waals surface area contributed by atoms with Gasteiger partial charge in [-0.25, -0.2) is 0 Å². The summed E-state index contributed by atoms with van der Waals surface area (Å²) in [5.41, 5.74) is 0.278. The van der Waals surface area contributed by atoms with Crippen molar-refractivity contribution in [1.82, 2.24) is 5.32 Å². The third-order valence-corrected chi connectivity index (χ3v) is 2.08. The molecular weight excluding hydrogens is 114 g/mol. The molecule has 52 valence electrons. The van der Waals surface area contributed by atoms with Crippen molar-refractivity contribution < 1.29 is 4.79 Å². The summed E-state index contributed by atoms with van der Waals surface area (Å²) in [5.74, 6) is 0.475. The Labute approximate surface area is 55.6 Å². The largest absolute Gasteiger partial charge is 0.359 e. The number of hydrogen-bond donors (Lipinski definition) is 1. The molecule has 9 heavy (non-hydrogen) atoms. The molecule has 0 saturated heterocycles. The SMILES string of the molecule is CNC(=O)[C@H]1CC1(C)C. The first-order chi connectivity index (χ1) is 4.08. The van der Waals surface area contributed by atoms with Crippen LogP contribution in [-0.4, -0.2) is 13.0 Å². The fraction of sp³-hybridized carbons (Fsp3) is 0.857. The van der Waals surface area contributed by atoms with Crippen LogP contribution in [0.5, 0.6) is 0 Å². The maximum absolute atomic E-state index is 10.9. The maximum Gasteiger partial charge on any atom is 0.223 e. The van der Waals surface area contributed by atoms with Crippen molar-refractivity contribution in [2.75, 3.05) is 7.05 Å². The zero-order valence-corrected chi connectivity index (χ0v) is 6.19. The number of carbonyl (C=O) groups excluding carboxylic acids is 1. The molecule has 1 amide bonds. The number of hydrogen-bond acceptors (Lipinski definition) is 1. The zero-order chi connectivity index (χ0) is 7.07. The smallest absolute Gasteiger partial charge is 0.223 e. The molecule has 0 spiro atoms. The monoisotopic (exact) mass is 127 g/mol. The van der Waals surface area contributed by atoms with Crippen LogP contribution in [0.3, 0.4) is 0 Å². The lowest BCUT2D eigenvalue weighted by Gasteiger charge is -1.99. The van der Waals surface area contributed by atoms with E-state index >= 15 is 0 Å². The molecule has 0 aliphatic heterocycles. The van der Waals surface area contributed by atoms with E-state index in [4.69, 9.17) is 0 Å². The van der Waals surface area contributed by atoms with E-state index in [0.29, 0.717) is 0 Å². The third-order valence-electron chi connectivity index (χ3n) is 2.08. The number of carbonyl (C=O) groups is 1. The number of rotatable bonds is 1. The van der Waals surface area contributed by atoms with Crippen LogP contribution >= 0.6 is 0 Å². The van der Waals surface area contributed by atoms with Gasteiger partial charge in [-0.15, -0.1) is 0 Å². The maximum atomic E-state index is 10.9. The minimum absolute atomic E-state index is 0.194. The van der Waals surface area contributed by atoms with Crippen LogP contribution in [0, 0.1) is 11.3 Å². The average Bonchev–Trinajstić information content (AvgIpc) is 2.38. The molecule has 2 nitrogen and oxygen atoms in total. The van der Waals surface area contributed by atoms with Crippen molar-refractivity contribution in [2.24, 2.45) is 11.3 Å². The Balaban J connectivity index is 2.42. The summed E-state index contributed by atoms with van der Waals surface area (Å²) in [6, 6.07) is 0. The molecule has 1 rings (SSSR count). The normalized spacial score (nSPS) is 29.4. The molecule has 1 aliphatic carbocycles. The van der Waals surface area contributed by atoms with Gasteiger partial charge in [0.2, 0.25) is 5.91 Å². The first kappa shape index (κ1) is 6.59. The van der Waals surface area contributed by atoms with Gasteiger partial charge in [0.25, 0.3) is 0 Å². The minimum atomic E-state index is 0.194. The van der Waals surface area contributed by atoms with Crippen molar-refractivity contribution in [2.45, 2.75) is 20.3 Å². The Bertz CT molecular complexity index is 140. The van der Waals surface area contributed by atoms with E-state index in [9.17, 15) is 4.79 Å². The highest BCUT2D eigenvalue weighted by Gasteiger charge is 2.50. The fourth-order valence-corrected chi connectivity index (χ4v) is 1.09. The summed E-state index contributed by atoms with van der Waals surface area (Å²) in [4.78, 5) is 10.9. The Hall–Kier alpha value is -0.530. The molecule has 0 aromatic rings. The molecule has 2 heteroatoms.